The van der Waals surface area contributed by atoms with Crippen molar-refractivity contribution in [2.75, 3.05) is 0 Å². The number of carbonyl (C=O) groups is 1. The first-order chi connectivity index (χ1) is 8.80. The first-order valence-electron chi connectivity index (χ1n) is 6.50. The molecule has 2 rings (SSSR count). The van der Waals surface area contributed by atoms with Crippen molar-refractivity contribution >= 4 is 21.8 Å². The van der Waals surface area contributed by atoms with Gasteiger partial charge in [0.1, 0.15) is 0 Å². The maximum atomic E-state index is 12.3. The Hall–Kier alpha value is -0.940. The molecular formula is C14H20BrN3O. The molecule has 2 heterocycles. The van der Waals surface area contributed by atoms with Gasteiger partial charge in [0.25, 0.3) is 0 Å². The first kappa shape index (κ1) is 14.5. The van der Waals surface area contributed by atoms with Gasteiger partial charge in [-0.2, -0.15) is 0 Å². The third-order valence-electron chi connectivity index (χ3n) is 3.42. The quantitative estimate of drug-likeness (QED) is 0.863. The predicted molar refractivity (Wildman–Crippen MR) is 78.5 cm³/mol. The number of halogens is 1. The largest absolute Gasteiger partial charge is 0.328 e. The number of hydrogen-bond donors (Lipinski definition) is 1. The van der Waals surface area contributed by atoms with Crippen molar-refractivity contribution in [3.63, 3.8) is 0 Å². The Morgan fingerprint density at radius 1 is 1.42 bits per heavy atom. The standard InChI is InChI=1S/C14H20BrN3O/c1-14(2,3)18-12(19)7-5-10(16)13(18)11-6-4-9(15)8-17-11/h4,6,8,10,13H,5,7,16H2,1-3H3. The van der Waals surface area contributed by atoms with E-state index in [2.05, 4.69) is 20.9 Å². The molecule has 1 saturated heterocycles. The van der Waals surface area contributed by atoms with Crippen molar-refractivity contribution < 1.29 is 4.79 Å². The SMILES string of the molecule is CC(C)(C)N1C(=O)CCC(N)C1c1ccc(Br)cn1. The number of nitrogens with zero attached hydrogens (tertiary/aromatic N) is 2. The molecule has 0 aliphatic carbocycles. The van der Waals surface area contributed by atoms with Crippen LogP contribution in [0.15, 0.2) is 22.8 Å². The van der Waals surface area contributed by atoms with Gasteiger partial charge in [-0.25, -0.2) is 0 Å². The number of aromatic nitrogens is 1. The maximum Gasteiger partial charge on any atom is 0.223 e. The van der Waals surface area contributed by atoms with Gasteiger partial charge in [0.2, 0.25) is 5.91 Å². The second kappa shape index (κ2) is 5.21. The summed E-state index contributed by atoms with van der Waals surface area (Å²) in [4.78, 5) is 18.6. The summed E-state index contributed by atoms with van der Waals surface area (Å²) in [6, 6.07) is 3.67. The van der Waals surface area contributed by atoms with Crippen LogP contribution >= 0.6 is 15.9 Å². The van der Waals surface area contributed by atoms with E-state index in [1.165, 1.54) is 0 Å². The third kappa shape index (κ3) is 2.98. The lowest BCUT2D eigenvalue weighted by Gasteiger charge is -2.46. The summed E-state index contributed by atoms with van der Waals surface area (Å²) < 4.78 is 0.925. The van der Waals surface area contributed by atoms with Gasteiger partial charge in [-0.05, 0) is 55.3 Å². The zero-order valence-electron chi connectivity index (χ0n) is 11.6. The van der Waals surface area contributed by atoms with Gasteiger partial charge in [0, 0.05) is 28.7 Å². The Balaban J connectivity index is 2.42. The minimum absolute atomic E-state index is 0.0643. The Morgan fingerprint density at radius 2 is 2.11 bits per heavy atom. The summed E-state index contributed by atoms with van der Waals surface area (Å²) in [5.74, 6) is 0.156. The number of piperidine rings is 1. The van der Waals surface area contributed by atoms with Crippen LogP contribution in [0.2, 0.25) is 0 Å². The number of hydrogen-bond acceptors (Lipinski definition) is 3. The van der Waals surface area contributed by atoms with Crippen LogP contribution < -0.4 is 5.73 Å². The number of likely N-dealkylation sites (tertiary alicyclic amines) is 1. The fourth-order valence-corrected chi connectivity index (χ4v) is 2.85. The van der Waals surface area contributed by atoms with Crippen molar-refractivity contribution in [2.24, 2.45) is 5.73 Å². The van der Waals surface area contributed by atoms with Crippen LogP contribution in [0.25, 0.3) is 0 Å². The summed E-state index contributed by atoms with van der Waals surface area (Å²) >= 11 is 3.38. The molecule has 0 spiro atoms. The lowest BCUT2D eigenvalue weighted by Crippen LogP contribution is -2.56. The highest BCUT2D eigenvalue weighted by molar-refractivity contribution is 9.10. The predicted octanol–water partition coefficient (Wildman–Crippen LogP) is 2.63. The molecule has 104 valence electrons. The lowest BCUT2D eigenvalue weighted by atomic mass is 9.88. The van der Waals surface area contributed by atoms with Crippen LogP contribution in [0.1, 0.15) is 45.3 Å². The highest BCUT2D eigenvalue weighted by Gasteiger charge is 2.41. The first-order valence-corrected chi connectivity index (χ1v) is 7.29. The molecule has 5 heteroatoms. The molecule has 0 saturated carbocycles. The average molecular weight is 326 g/mol. The molecule has 2 atom stereocenters. The fraction of sp³-hybridized carbons (Fsp3) is 0.571. The van der Waals surface area contributed by atoms with Crippen LogP contribution in [0.4, 0.5) is 0 Å². The van der Waals surface area contributed by atoms with Gasteiger partial charge in [-0.3, -0.25) is 9.78 Å². The minimum atomic E-state index is -0.255. The maximum absolute atomic E-state index is 12.3. The molecule has 0 bridgehead atoms. The van der Waals surface area contributed by atoms with Crippen LogP contribution in [0, 0.1) is 0 Å². The van der Waals surface area contributed by atoms with E-state index in [4.69, 9.17) is 5.73 Å². The summed E-state index contributed by atoms with van der Waals surface area (Å²) in [6.45, 7) is 6.11. The van der Waals surface area contributed by atoms with E-state index < -0.39 is 0 Å². The van der Waals surface area contributed by atoms with Crippen molar-refractivity contribution in [2.45, 2.75) is 51.2 Å². The van der Waals surface area contributed by atoms with E-state index >= 15 is 0 Å². The van der Waals surface area contributed by atoms with Gasteiger partial charge in [-0.1, -0.05) is 0 Å². The molecule has 1 amide bonds. The molecule has 1 aromatic rings. The molecule has 0 aromatic carbocycles. The third-order valence-corrected chi connectivity index (χ3v) is 3.89. The molecule has 1 aromatic heterocycles. The van der Waals surface area contributed by atoms with Crippen LogP contribution in [0.3, 0.4) is 0 Å². The van der Waals surface area contributed by atoms with Gasteiger partial charge in [0.15, 0.2) is 0 Å². The number of amides is 1. The molecule has 19 heavy (non-hydrogen) atoms. The Bertz CT molecular complexity index is 467. The summed E-state index contributed by atoms with van der Waals surface area (Å²) in [7, 11) is 0. The Labute approximate surface area is 122 Å². The molecule has 1 aliphatic rings. The van der Waals surface area contributed by atoms with Gasteiger partial charge in [-0.15, -0.1) is 0 Å². The highest BCUT2D eigenvalue weighted by atomic mass is 79.9. The average Bonchev–Trinajstić information content (AvgIpc) is 2.31. The van der Waals surface area contributed by atoms with Gasteiger partial charge >= 0.3 is 0 Å². The summed E-state index contributed by atoms with van der Waals surface area (Å²) in [6.07, 6.45) is 2.99. The van der Waals surface area contributed by atoms with Crippen molar-refractivity contribution in [3.8, 4) is 0 Å². The zero-order valence-corrected chi connectivity index (χ0v) is 13.1. The molecule has 2 N–H and O–H groups in total. The summed E-state index contributed by atoms with van der Waals surface area (Å²) in [5.41, 5.74) is 6.86. The van der Waals surface area contributed by atoms with Crippen molar-refractivity contribution in [1.82, 2.24) is 9.88 Å². The van der Waals surface area contributed by atoms with E-state index in [9.17, 15) is 4.79 Å². The number of nitrogens with two attached hydrogens (primary N) is 1. The molecule has 2 unspecified atom stereocenters. The highest BCUT2D eigenvalue weighted by Crippen LogP contribution is 2.35. The normalized spacial score (nSPS) is 24.7. The van der Waals surface area contributed by atoms with Crippen molar-refractivity contribution in [1.29, 1.82) is 0 Å². The second-order valence-corrected chi connectivity index (χ2v) is 6.90. The molecule has 4 nitrogen and oxygen atoms in total. The van der Waals surface area contributed by atoms with E-state index in [1.807, 2.05) is 37.8 Å². The topological polar surface area (TPSA) is 59.2 Å². The fourth-order valence-electron chi connectivity index (χ4n) is 2.62. The van der Waals surface area contributed by atoms with Gasteiger partial charge < -0.3 is 10.6 Å². The van der Waals surface area contributed by atoms with E-state index in [-0.39, 0.29) is 23.5 Å². The number of pyridine rings is 1. The zero-order chi connectivity index (χ0) is 14.2. The molecular weight excluding hydrogens is 306 g/mol. The molecule has 1 aliphatic heterocycles. The van der Waals surface area contributed by atoms with Crippen LogP contribution in [-0.4, -0.2) is 27.4 Å². The lowest BCUT2D eigenvalue weighted by molar-refractivity contribution is -0.144. The van der Waals surface area contributed by atoms with Crippen LogP contribution in [-0.2, 0) is 4.79 Å². The van der Waals surface area contributed by atoms with E-state index in [0.29, 0.717) is 12.8 Å². The Kier molecular flexibility index (Phi) is 3.97. The Morgan fingerprint density at radius 3 is 2.63 bits per heavy atom. The minimum Gasteiger partial charge on any atom is -0.328 e. The molecule has 1 fully saturated rings. The van der Waals surface area contributed by atoms with E-state index in [0.717, 1.165) is 10.2 Å². The number of carbonyl (C=O) groups excluding carboxylic acids is 1. The summed E-state index contributed by atoms with van der Waals surface area (Å²) in [5, 5.41) is 0. The van der Waals surface area contributed by atoms with Gasteiger partial charge in [0.05, 0.1) is 11.7 Å². The number of rotatable bonds is 1. The van der Waals surface area contributed by atoms with Crippen molar-refractivity contribution in [3.05, 3.63) is 28.5 Å². The van der Waals surface area contributed by atoms with E-state index in [1.54, 1.807) is 6.20 Å². The van der Waals surface area contributed by atoms with Crippen LogP contribution in [0.5, 0.6) is 0 Å². The monoisotopic (exact) mass is 325 g/mol. The smallest absolute Gasteiger partial charge is 0.223 e. The second-order valence-electron chi connectivity index (χ2n) is 5.98. The molecule has 0 radical (unpaired) electrons.